The second kappa shape index (κ2) is 4.78. The lowest BCUT2D eigenvalue weighted by molar-refractivity contribution is 0.926. The van der Waals surface area contributed by atoms with Crippen LogP contribution < -0.4 is 5.73 Å². The maximum Gasteiger partial charge on any atom is 0.152 e. The van der Waals surface area contributed by atoms with Gasteiger partial charge in [0.1, 0.15) is 21.6 Å². The fraction of sp³-hybridized carbons (Fsp3) is 0. The van der Waals surface area contributed by atoms with E-state index in [0.717, 1.165) is 5.56 Å². The van der Waals surface area contributed by atoms with Crippen LogP contribution in [-0.4, -0.2) is 14.6 Å². The Morgan fingerprint density at radius 3 is 2.90 bits per heavy atom. The van der Waals surface area contributed by atoms with Crippen molar-refractivity contribution in [1.29, 1.82) is 5.26 Å². The number of benzene rings is 1. The van der Waals surface area contributed by atoms with E-state index in [-0.39, 0.29) is 0 Å². The summed E-state index contributed by atoms with van der Waals surface area (Å²) in [7, 11) is 0. The predicted molar refractivity (Wildman–Crippen MR) is 80.3 cm³/mol. The van der Waals surface area contributed by atoms with Crippen molar-refractivity contribution >= 4 is 38.9 Å². The molecule has 1 aromatic carbocycles. The molecule has 20 heavy (non-hydrogen) atoms. The van der Waals surface area contributed by atoms with E-state index < -0.39 is 0 Å². The molecule has 0 spiro atoms. The average molecular weight is 349 g/mol. The van der Waals surface area contributed by atoms with Gasteiger partial charge in [-0.3, -0.25) is 0 Å². The second-order valence-corrected chi connectivity index (χ2v) is 5.23. The molecule has 5 nitrogen and oxygen atoms in total. The highest BCUT2D eigenvalue weighted by atomic mass is 79.9. The highest BCUT2D eigenvalue weighted by Crippen LogP contribution is 2.30. The van der Waals surface area contributed by atoms with Crippen LogP contribution in [0.25, 0.3) is 16.8 Å². The Hall–Kier alpha value is -2.10. The van der Waals surface area contributed by atoms with Crippen LogP contribution in [-0.2, 0) is 0 Å². The summed E-state index contributed by atoms with van der Waals surface area (Å²) >= 11 is 9.35. The number of rotatable bonds is 1. The summed E-state index contributed by atoms with van der Waals surface area (Å²) in [5.74, 6) is 0.324. The fourth-order valence-corrected chi connectivity index (χ4v) is 2.70. The van der Waals surface area contributed by atoms with Crippen LogP contribution in [0.15, 0.2) is 34.9 Å². The van der Waals surface area contributed by atoms with Gasteiger partial charge in [0, 0.05) is 11.6 Å². The van der Waals surface area contributed by atoms with Gasteiger partial charge in [-0.15, -0.1) is 0 Å². The monoisotopic (exact) mass is 347 g/mol. The lowest BCUT2D eigenvalue weighted by Crippen LogP contribution is -2.02. The van der Waals surface area contributed by atoms with Crippen molar-refractivity contribution in [3.05, 3.63) is 45.7 Å². The molecule has 3 rings (SSSR count). The highest BCUT2D eigenvalue weighted by Gasteiger charge is 2.14. The molecule has 0 saturated heterocycles. The predicted octanol–water partition coefficient (Wildman–Crippen LogP) is 3.27. The highest BCUT2D eigenvalue weighted by molar-refractivity contribution is 9.10. The van der Waals surface area contributed by atoms with Gasteiger partial charge >= 0.3 is 0 Å². The van der Waals surface area contributed by atoms with Gasteiger partial charge in [-0.05, 0) is 28.1 Å². The molecular weight excluding hydrogens is 342 g/mol. The number of nitrogen functional groups attached to an aromatic ring is 1. The Balaban J connectivity index is 2.31. The first-order valence-electron chi connectivity index (χ1n) is 5.61. The summed E-state index contributed by atoms with van der Waals surface area (Å²) in [6.07, 6.45) is 0. The summed E-state index contributed by atoms with van der Waals surface area (Å²) in [5, 5.41) is 13.5. The Labute approximate surface area is 127 Å². The van der Waals surface area contributed by atoms with Crippen molar-refractivity contribution in [2.45, 2.75) is 0 Å². The molecule has 0 aliphatic carbocycles. The van der Waals surface area contributed by atoms with Gasteiger partial charge in [0.2, 0.25) is 0 Å². The normalized spacial score (nSPS) is 10.7. The van der Waals surface area contributed by atoms with E-state index in [1.54, 1.807) is 28.8 Å². The van der Waals surface area contributed by atoms with Gasteiger partial charge in [-0.2, -0.15) is 10.4 Å². The maximum absolute atomic E-state index is 8.97. The Bertz CT molecular complexity index is 865. The van der Waals surface area contributed by atoms with Gasteiger partial charge in [0.25, 0.3) is 0 Å². The molecule has 0 radical (unpaired) electrons. The van der Waals surface area contributed by atoms with Crippen molar-refractivity contribution in [2.24, 2.45) is 0 Å². The molecule has 0 bridgehead atoms. The standard InChI is InChI=1S/C13H7BrClN5/c14-12-11(8-3-1-2-7(4-8)6-16)18-13(17)9-5-10(15)19-20(9)12/h1-5H,(H2,17,18). The minimum absolute atomic E-state index is 0.324. The summed E-state index contributed by atoms with van der Waals surface area (Å²) < 4.78 is 2.21. The SMILES string of the molecule is N#Cc1cccc(-c2nc(N)c3cc(Cl)nn3c2Br)c1. The maximum atomic E-state index is 8.97. The van der Waals surface area contributed by atoms with E-state index in [1.165, 1.54) is 0 Å². The van der Waals surface area contributed by atoms with Crippen molar-refractivity contribution in [3.63, 3.8) is 0 Å². The van der Waals surface area contributed by atoms with E-state index in [9.17, 15) is 0 Å². The van der Waals surface area contributed by atoms with Gasteiger partial charge < -0.3 is 5.73 Å². The number of nitrogens with two attached hydrogens (primary N) is 1. The van der Waals surface area contributed by atoms with Crippen LogP contribution in [0.4, 0.5) is 5.82 Å². The van der Waals surface area contributed by atoms with Gasteiger partial charge in [-0.25, -0.2) is 9.50 Å². The largest absolute Gasteiger partial charge is 0.382 e. The number of hydrogen-bond acceptors (Lipinski definition) is 4. The van der Waals surface area contributed by atoms with E-state index in [4.69, 9.17) is 22.6 Å². The minimum atomic E-state index is 0.324. The summed E-state index contributed by atoms with van der Waals surface area (Å²) in [6.45, 7) is 0. The third-order valence-corrected chi connectivity index (χ3v) is 3.72. The third kappa shape index (κ3) is 2.01. The topological polar surface area (TPSA) is 80.0 Å². The van der Waals surface area contributed by atoms with E-state index >= 15 is 0 Å². The molecule has 3 aromatic rings. The number of fused-ring (bicyclic) bond motifs is 1. The second-order valence-electron chi connectivity index (χ2n) is 4.09. The number of halogens is 2. The van der Waals surface area contributed by atoms with Crippen LogP contribution >= 0.6 is 27.5 Å². The molecule has 0 aliphatic rings. The molecule has 0 fully saturated rings. The van der Waals surface area contributed by atoms with E-state index in [1.807, 2.05) is 6.07 Å². The first-order chi connectivity index (χ1) is 9.60. The number of hydrogen-bond donors (Lipinski definition) is 1. The number of nitriles is 1. The average Bonchev–Trinajstić information content (AvgIpc) is 2.85. The van der Waals surface area contributed by atoms with Crippen molar-refractivity contribution < 1.29 is 0 Å². The lowest BCUT2D eigenvalue weighted by atomic mass is 10.1. The lowest BCUT2D eigenvalue weighted by Gasteiger charge is -2.08. The van der Waals surface area contributed by atoms with Crippen molar-refractivity contribution in [2.75, 3.05) is 5.73 Å². The summed E-state index contributed by atoms with van der Waals surface area (Å²) in [5.41, 5.74) is 8.48. The van der Waals surface area contributed by atoms with Crippen LogP contribution in [0.5, 0.6) is 0 Å². The molecule has 0 saturated carbocycles. The van der Waals surface area contributed by atoms with Crippen LogP contribution in [0, 0.1) is 11.3 Å². The van der Waals surface area contributed by atoms with Crippen molar-refractivity contribution in [3.8, 4) is 17.3 Å². The molecule has 2 heterocycles. The zero-order chi connectivity index (χ0) is 14.3. The quantitative estimate of drug-likeness (QED) is 0.732. The zero-order valence-corrected chi connectivity index (χ0v) is 12.4. The Morgan fingerprint density at radius 1 is 1.35 bits per heavy atom. The van der Waals surface area contributed by atoms with Gasteiger partial charge in [0.15, 0.2) is 5.15 Å². The first kappa shape index (κ1) is 12.9. The number of nitrogens with zero attached hydrogens (tertiary/aromatic N) is 4. The smallest absolute Gasteiger partial charge is 0.152 e. The van der Waals surface area contributed by atoms with Gasteiger partial charge in [-0.1, -0.05) is 23.7 Å². The Kier molecular flexibility index (Phi) is 3.08. The van der Waals surface area contributed by atoms with Gasteiger partial charge in [0.05, 0.1) is 11.6 Å². The minimum Gasteiger partial charge on any atom is -0.382 e. The zero-order valence-electron chi connectivity index (χ0n) is 10.0. The molecule has 2 N–H and O–H groups in total. The molecule has 0 unspecified atom stereocenters. The molecule has 0 aliphatic heterocycles. The molecule has 0 atom stereocenters. The van der Waals surface area contributed by atoms with Crippen molar-refractivity contribution in [1.82, 2.24) is 14.6 Å². The molecule has 2 aromatic heterocycles. The van der Waals surface area contributed by atoms with E-state index in [2.05, 4.69) is 32.1 Å². The summed E-state index contributed by atoms with van der Waals surface area (Å²) in [6, 6.07) is 10.8. The van der Waals surface area contributed by atoms with E-state index in [0.29, 0.717) is 32.3 Å². The summed E-state index contributed by atoms with van der Waals surface area (Å²) in [4.78, 5) is 4.36. The fourth-order valence-electron chi connectivity index (χ4n) is 1.93. The van der Waals surface area contributed by atoms with Crippen LogP contribution in [0.2, 0.25) is 5.15 Å². The molecule has 0 amide bonds. The van der Waals surface area contributed by atoms with Crippen LogP contribution in [0.1, 0.15) is 5.56 Å². The third-order valence-electron chi connectivity index (χ3n) is 2.82. The number of anilines is 1. The molecule has 7 heteroatoms. The first-order valence-corrected chi connectivity index (χ1v) is 6.78. The molecular formula is C13H7BrClN5. The molecule has 98 valence electrons. The van der Waals surface area contributed by atoms with Crippen LogP contribution in [0.3, 0.4) is 0 Å². The number of aromatic nitrogens is 3. The Morgan fingerprint density at radius 2 is 2.15 bits per heavy atom.